The Morgan fingerprint density at radius 3 is 2.53 bits per heavy atom. The van der Waals surface area contributed by atoms with Gasteiger partial charge in [0.2, 0.25) is 5.91 Å². The van der Waals surface area contributed by atoms with Gasteiger partial charge in [-0.15, -0.1) is 0 Å². The monoisotopic (exact) mass is 524 g/mol. The minimum Gasteiger partial charge on any atom is -0.325 e. The number of anilines is 1. The molecule has 4 nitrogen and oxygen atoms in total. The number of nitrogens with zero attached hydrogens (tertiary/aromatic N) is 1. The summed E-state index contributed by atoms with van der Waals surface area (Å²) in [4.78, 5) is 27.1. The summed E-state index contributed by atoms with van der Waals surface area (Å²) in [7, 11) is 0. The van der Waals surface area contributed by atoms with Crippen molar-refractivity contribution in [2.24, 2.45) is 0 Å². The fourth-order valence-corrected chi connectivity index (χ4v) is 4.93. The molecule has 0 aromatic heterocycles. The number of nitrogens with one attached hydrogen (secondary N) is 1. The maximum Gasteiger partial charge on any atom is 0.266 e. The second-order valence-electron chi connectivity index (χ2n) is 7.03. The van der Waals surface area contributed by atoms with Crippen molar-refractivity contribution in [3.05, 3.63) is 79.7 Å². The lowest BCUT2D eigenvalue weighted by atomic mass is 10.1. The minimum atomic E-state index is -0.243. The topological polar surface area (TPSA) is 49.4 Å². The van der Waals surface area contributed by atoms with Crippen LogP contribution in [-0.4, -0.2) is 27.6 Å². The van der Waals surface area contributed by atoms with Crippen LogP contribution in [0.15, 0.2) is 59.0 Å². The van der Waals surface area contributed by atoms with Gasteiger partial charge in [-0.3, -0.25) is 14.5 Å². The van der Waals surface area contributed by atoms with Gasteiger partial charge >= 0.3 is 0 Å². The lowest BCUT2D eigenvalue weighted by molar-refractivity contribution is -0.122. The van der Waals surface area contributed by atoms with E-state index < -0.39 is 0 Å². The largest absolute Gasteiger partial charge is 0.325 e. The van der Waals surface area contributed by atoms with Crippen LogP contribution in [-0.2, 0) is 9.59 Å². The molecule has 0 aliphatic carbocycles. The summed E-state index contributed by atoms with van der Waals surface area (Å²) in [6.07, 6.45) is 4.49. The lowest BCUT2D eigenvalue weighted by Crippen LogP contribution is -2.29. The summed E-state index contributed by atoms with van der Waals surface area (Å²) in [5, 5.41) is 3.62. The Morgan fingerprint density at radius 2 is 1.81 bits per heavy atom. The molecule has 9 heteroatoms. The van der Waals surface area contributed by atoms with Crippen molar-refractivity contribution in [1.82, 2.24) is 4.90 Å². The molecule has 0 bridgehead atoms. The number of carbonyl (C=O) groups is 2. The number of hydrogen-bond donors (Lipinski definition) is 1. The molecule has 0 saturated carbocycles. The van der Waals surface area contributed by atoms with Crippen LogP contribution in [0.3, 0.4) is 0 Å². The predicted octanol–water partition coefficient (Wildman–Crippen LogP) is 7.21. The van der Waals surface area contributed by atoms with E-state index in [1.54, 1.807) is 0 Å². The van der Waals surface area contributed by atoms with Crippen LogP contribution in [0.25, 0.3) is 6.08 Å². The van der Waals surface area contributed by atoms with Gasteiger partial charge in [0.05, 0.1) is 25.7 Å². The van der Waals surface area contributed by atoms with E-state index in [1.807, 2.05) is 49.4 Å². The number of benzene rings is 2. The highest BCUT2D eigenvalue weighted by Crippen LogP contribution is 2.33. The minimum absolute atomic E-state index is 0.145. The third kappa shape index (κ3) is 6.59. The SMILES string of the molecule is CC(=Cc1ccccc1)C=C1SC(=S)N(CCCC(=O)Nc2cc(Cl)c(Cl)cc2Cl)C1=O. The standard InChI is InChI=1S/C23H19Cl3N2O2S2/c1-14(10-15-6-3-2-4-7-15)11-20-22(30)28(23(31)32-20)9-5-8-21(29)27-19-13-17(25)16(24)12-18(19)26/h2-4,6-7,10-13H,5,8-9H2,1H3,(H,27,29). The molecule has 0 unspecified atom stereocenters. The number of rotatable bonds is 7. The number of halogens is 3. The molecular weight excluding hydrogens is 507 g/mol. The van der Waals surface area contributed by atoms with Gasteiger partial charge < -0.3 is 5.32 Å². The summed E-state index contributed by atoms with van der Waals surface area (Å²) in [5.74, 6) is -0.387. The second-order valence-corrected chi connectivity index (χ2v) is 9.93. The van der Waals surface area contributed by atoms with E-state index >= 15 is 0 Å². The van der Waals surface area contributed by atoms with Gasteiger partial charge in [0.15, 0.2) is 0 Å². The number of allylic oxidation sites excluding steroid dienone is 2. The summed E-state index contributed by atoms with van der Waals surface area (Å²) in [6.45, 7) is 2.30. The quantitative estimate of drug-likeness (QED) is 0.236. The van der Waals surface area contributed by atoms with Gasteiger partial charge in [-0.2, -0.15) is 0 Å². The second kappa shape index (κ2) is 11.3. The van der Waals surface area contributed by atoms with Crippen molar-refractivity contribution in [3.8, 4) is 0 Å². The molecule has 1 saturated heterocycles. The first-order valence-corrected chi connectivity index (χ1v) is 12.0. The zero-order valence-corrected chi connectivity index (χ0v) is 20.9. The van der Waals surface area contributed by atoms with E-state index in [-0.39, 0.29) is 18.2 Å². The summed E-state index contributed by atoms with van der Waals surface area (Å²) < 4.78 is 0.488. The molecule has 0 radical (unpaired) electrons. The molecule has 2 amide bonds. The first-order valence-electron chi connectivity index (χ1n) is 9.67. The Balaban J connectivity index is 1.55. The molecule has 2 aromatic rings. The van der Waals surface area contributed by atoms with Gasteiger partial charge in [-0.1, -0.05) is 95.2 Å². The van der Waals surface area contributed by atoms with Crippen molar-refractivity contribution >= 4 is 86.7 Å². The van der Waals surface area contributed by atoms with Gasteiger partial charge in [-0.05, 0) is 42.7 Å². The van der Waals surface area contributed by atoms with Crippen LogP contribution in [0.2, 0.25) is 15.1 Å². The smallest absolute Gasteiger partial charge is 0.266 e. The van der Waals surface area contributed by atoms with E-state index in [0.29, 0.717) is 42.9 Å². The Morgan fingerprint density at radius 1 is 1.12 bits per heavy atom. The van der Waals surface area contributed by atoms with Gasteiger partial charge in [0, 0.05) is 13.0 Å². The van der Waals surface area contributed by atoms with E-state index in [1.165, 1.54) is 28.8 Å². The average Bonchev–Trinajstić information content (AvgIpc) is 3.00. The normalized spacial score (nSPS) is 15.6. The van der Waals surface area contributed by atoms with Crippen molar-refractivity contribution < 1.29 is 9.59 Å². The zero-order chi connectivity index (χ0) is 23.3. The van der Waals surface area contributed by atoms with Gasteiger partial charge in [0.1, 0.15) is 4.32 Å². The van der Waals surface area contributed by atoms with E-state index in [2.05, 4.69) is 5.32 Å². The molecule has 1 aliphatic rings. The van der Waals surface area contributed by atoms with Crippen LogP contribution in [0.5, 0.6) is 0 Å². The van der Waals surface area contributed by atoms with E-state index in [0.717, 1.165) is 11.1 Å². The van der Waals surface area contributed by atoms with Crippen LogP contribution < -0.4 is 5.32 Å². The van der Waals surface area contributed by atoms with Crippen molar-refractivity contribution in [2.75, 3.05) is 11.9 Å². The third-order valence-corrected chi connectivity index (χ3v) is 6.91. The Kier molecular flexibility index (Phi) is 8.79. The van der Waals surface area contributed by atoms with Crippen LogP contribution in [0.1, 0.15) is 25.3 Å². The van der Waals surface area contributed by atoms with Gasteiger partial charge in [-0.25, -0.2) is 0 Å². The third-order valence-electron chi connectivity index (χ3n) is 4.50. The highest BCUT2D eigenvalue weighted by molar-refractivity contribution is 8.26. The van der Waals surface area contributed by atoms with E-state index in [9.17, 15) is 9.59 Å². The molecule has 3 rings (SSSR count). The first-order chi connectivity index (χ1) is 15.2. The number of thioether (sulfide) groups is 1. The molecule has 1 heterocycles. The van der Waals surface area contributed by atoms with Crippen molar-refractivity contribution in [1.29, 1.82) is 0 Å². The Hall–Kier alpha value is -1.83. The van der Waals surface area contributed by atoms with Gasteiger partial charge in [0.25, 0.3) is 5.91 Å². The molecule has 0 spiro atoms. The molecular formula is C23H19Cl3N2O2S2. The molecule has 1 N–H and O–H groups in total. The molecule has 2 aromatic carbocycles. The summed E-state index contributed by atoms with van der Waals surface area (Å²) in [5.41, 5.74) is 2.40. The highest BCUT2D eigenvalue weighted by Gasteiger charge is 2.31. The first kappa shape index (κ1) is 24.8. The van der Waals surface area contributed by atoms with Crippen LogP contribution in [0, 0.1) is 0 Å². The maximum absolute atomic E-state index is 12.8. The fourth-order valence-electron chi connectivity index (χ4n) is 2.98. The number of carbonyl (C=O) groups excluding carboxylic acids is 2. The van der Waals surface area contributed by atoms with Crippen molar-refractivity contribution in [3.63, 3.8) is 0 Å². The average molecular weight is 526 g/mol. The Bertz CT molecular complexity index is 1120. The van der Waals surface area contributed by atoms with Crippen LogP contribution >= 0.6 is 58.8 Å². The van der Waals surface area contributed by atoms with E-state index in [4.69, 9.17) is 47.0 Å². The molecule has 1 aliphatic heterocycles. The summed E-state index contributed by atoms with van der Waals surface area (Å²) in [6, 6.07) is 12.9. The molecule has 166 valence electrons. The Labute approximate surface area is 211 Å². The predicted molar refractivity (Wildman–Crippen MR) is 139 cm³/mol. The zero-order valence-electron chi connectivity index (χ0n) is 17.0. The lowest BCUT2D eigenvalue weighted by Gasteiger charge is -2.14. The number of thiocarbonyl (C=S) groups is 1. The van der Waals surface area contributed by atoms with Crippen LogP contribution in [0.4, 0.5) is 5.69 Å². The number of hydrogen-bond acceptors (Lipinski definition) is 4. The fraction of sp³-hybridized carbons (Fsp3) is 0.174. The highest BCUT2D eigenvalue weighted by atomic mass is 35.5. The molecule has 0 atom stereocenters. The maximum atomic E-state index is 12.8. The van der Waals surface area contributed by atoms with Crippen molar-refractivity contribution in [2.45, 2.75) is 19.8 Å². The summed E-state index contributed by atoms with van der Waals surface area (Å²) >= 11 is 24.6. The molecule has 1 fully saturated rings. The number of amides is 2. The molecule has 32 heavy (non-hydrogen) atoms.